The van der Waals surface area contributed by atoms with Crippen molar-refractivity contribution < 1.29 is 9.32 Å². The quantitative estimate of drug-likeness (QED) is 0.478. The van der Waals surface area contributed by atoms with E-state index in [-0.39, 0.29) is 5.91 Å². The Morgan fingerprint density at radius 1 is 0.909 bits per heavy atom. The molecule has 4 heterocycles. The zero-order chi connectivity index (χ0) is 22.9. The fraction of sp³-hybridized carbons (Fsp3) is 0.292. The molecule has 0 N–H and O–H groups in total. The van der Waals surface area contributed by atoms with Crippen LogP contribution in [0, 0.1) is 20.8 Å². The molecule has 5 rings (SSSR count). The van der Waals surface area contributed by atoms with Gasteiger partial charge in [-0.1, -0.05) is 35.5 Å². The monoisotopic (exact) mass is 443 g/mol. The molecule has 3 aromatic heterocycles. The number of piperazine rings is 1. The minimum absolute atomic E-state index is 0.122. The zero-order valence-corrected chi connectivity index (χ0v) is 18.9. The van der Waals surface area contributed by atoms with Crippen molar-refractivity contribution in [1.29, 1.82) is 0 Å². The van der Waals surface area contributed by atoms with Crippen LogP contribution in [0.5, 0.6) is 0 Å². The Morgan fingerprint density at radius 2 is 1.64 bits per heavy atom. The summed E-state index contributed by atoms with van der Waals surface area (Å²) in [6, 6.07) is 15.3. The lowest BCUT2D eigenvalue weighted by Crippen LogP contribution is -2.49. The van der Waals surface area contributed by atoms with Gasteiger partial charge in [-0.3, -0.25) is 4.79 Å². The van der Waals surface area contributed by atoms with E-state index in [1.165, 1.54) is 0 Å². The largest absolute Gasteiger partial charge is 0.355 e. The van der Waals surface area contributed by atoms with E-state index in [9.17, 15) is 4.79 Å². The molecule has 1 amide bonds. The first-order chi connectivity index (χ1) is 16.0. The van der Waals surface area contributed by atoms with Gasteiger partial charge in [0.1, 0.15) is 11.6 Å². The average molecular weight is 444 g/mol. The molecule has 1 aliphatic rings. The summed E-state index contributed by atoms with van der Waals surface area (Å²) in [5.74, 6) is 2.74. The summed E-state index contributed by atoms with van der Waals surface area (Å²) >= 11 is 0. The minimum atomic E-state index is -0.122. The van der Waals surface area contributed by atoms with E-state index in [1.807, 2.05) is 67.9 Å². The molecular weight excluding hydrogens is 418 g/mol. The lowest BCUT2D eigenvalue weighted by molar-refractivity contribution is 0.0736. The molecule has 168 valence electrons. The van der Waals surface area contributed by atoms with E-state index in [0.29, 0.717) is 43.5 Å². The van der Waals surface area contributed by atoms with Gasteiger partial charge in [0.15, 0.2) is 17.3 Å². The maximum atomic E-state index is 13.0. The summed E-state index contributed by atoms with van der Waals surface area (Å²) in [6.07, 6.45) is 0. The molecule has 0 saturated carbocycles. The molecule has 0 spiro atoms. The van der Waals surface area contributed by atoms with Crippen LogP contribution in [0.25, 0.3) is 17.1 Å². The van der Waals surface area contributed by atoms with Gasteiger partial charge in [-0.2, -0.15) is 5.10 Å². The third-order valence-corrected chi connectivity index (χ3v) is 5.72. The highest BCUT2D eigenvalue weighted by Gasteiger charge is 2.26. The fourth-order valence-corrected chi connectivity index (χ4v) is 4.08. The van der Waals surface area contributed by atoms with Gasteiger partial charge in [0.05, 0.1) is 5.69 Å². The van der Waals surface area contributed by atoms with Gasteiger partial charge in [-0.15, -0.1) is 0 Å². The number of hydrogen-bond donors (Lipinski definition) is 0. The summed E-state index contributed by atoms with van der Waals surface area (Å²) in [7, 11) is 0. The van der Waals surface area contributed by atoms with Gasteiger partial charge in [0.2, 0.25) is 0 Å². The van der Waals surface area contributed by atoms with E-state index in [1.54, 1.807) is 11.0 Å². The SMILES string of the molecule is Cc1cc(C)n(-c2cc(N3CCN(C(=O)c4cc(-c5ccccc5)on4)CC3)nc(C)n2)n1. The van der Waals surface area contributed by atoms with Crippen LogP contribution >= 0.6 is 0 Å². The summed E-state index contributed by atoms with van der Waals surface area (Å²) in [5.41, 5.74) is 3.19. The third kappa shape index (κ3) is 4.21. The van der Waals surface area contributed by atoms with E-state index in [4.69, 9.17) is 4.52 Å². The van der Waals surface area contributed by atoms with Gasteiger partial charge in [-0.05, 0) is 26.8 Å². The maximum absolute atomic E-state index is 13.0. The summed E-state index contributed by atoms with van der Waals surface area (Å²) < 4.78 is 7.24. The van der Waals surface area contributed by atoms with E-state index < -0.39 is 0 Å². The predicted molar refractivity (Wildman–Crippen MR) is 123 cm³/mol. The zero-order valence-electron chi connectivity index (χ0n) is 18.9. The Balaban J connectivity index is 1.28. The highest BCUT2D eigenvalue weighted by molar-refractivity contribution is 5.93. The van der Waals surface area contributed by atoms with Gasteiger partial charge in [0.25, 0.3) is 5.91 Å². The van der Waals surface area contributed by atoms with Crippen molar-refractivity contribution in [2.45, 2.75) is 20.8 Å². The molecule has 0 bridgehead atoms. The van der Waals surface area contributed by atoms with Crippen LogP contribution in [0.2, 0.25) is 0 Å². The third-order valence-electron chi connectivity index (χ3n) is 5.72. The van der Waals surface area contributed by atoms with Crippen LogP contribution in [-0.4, -0.2) is 61.9 Å². The number of rotatable bonds is 4. The van der Waals surface area contributed by atoms with Crippen molar-refractivity contribution in [3.05, 3.63) is 71.4 Å². The molecule has 1 aliphatic heterocycles. The Kier molecular flexibility index (Phi) is 5.37. The number of aromatic nitrogens is 5. The second-order valence-corrected chi connectivity index (χ2v) is 8.19. The minimum Gasteiger partial charge on any atom is -0.355 e. The normalized spacial score (nSPS) is 14.0. The van der Waals surface area contributed by atoms with Crippen LogP contribution in [0.3, 0.4) is 0 Å². The average Bonchev–Trinajstić information content (AvgIpc) is 3.45. The van der Waals surface area contributed by atoms with Crippen LogP contribution in [0.1, 0.15) is 27.7 Å². The second-order valence-electron chi connectivity index (χ2n) is 8.19. The van der Waals surface area contributed by atoms with Crippen LogP contribution < -0.4 is 4.90 Å². The van der Waals surface area contributed by atoms with E-state index in [2.05, 4.69) is 25.1 Å². The molecule has 1 aromatic carbocycles. The first-order valence-electron chi connectivity index (χ1n) is 10.9. The highest BCUT2D eigenvalue weighted by atomic mass is 16.5. The predicted octanol–water partition coefficient (Wildman–Crippen LogP) is 3.20. The molecule has 1 fully saturated rings. The lowest BCUT2D eigenvalue weighted by atomic mass is 10.1. The fourth-order valence-electron chi connectivity index (χ4n) is 4.08. The molecule has 0 unspecified atom stereocenters. The molecule has 33 heavy (non-hydrogen) atoms. The Hall–Kier alpha value is -4.01. The van der Waals surface area contributed by atoms with Gasteiger partial charge < -0.3 is 14.3 Å². The van der Waals surface area contributed by atoms with Gasteiger partial charge >= 0.3 is 0 Å². The number of carbonyl (C=O) groups is 1. The first-order valence-corrected chi connectivity index (χ1v) is 10.9. The lowest BCUT2D eigenvalue weighted by Gasteiger charge is -2.35. The number of nitrogens with zero attached hydrogens (tertiary/aromatic N) is 7. The molecule has 9 nitrogen and oxygen atoms in total. The molecule has 0 radical (unpaired) electrons. The molecule has 1 saturated heterocycles. The smallest absolute Gasteiger partial charge is 0.276 e. The summed E-state index contributed by atoms with van der Waals surface area (Å²) in [5, 5.41) is 8.54. The number of carbonyl (C=O) groups excluding carboxylic acids is 1. The standard InChI is InChI=1S/C24H25N7O2/c1-16-13-17(2)31(27-16)23-15-22(25-18(3)26-23)29-9-11-30(12-10-29)24(32)20-14-21(33-28-20)19-7-5-4-6-8-19/h4-8,13-15H,9-12H2,1-3H3. The number of aryl methyl sites for hydroxylation is 3. The van der Waals surface area contributed by atoms with E-state index in [0.717, 1.165) is 28.6 Å². The van der Waals surface area contributed by atoms with Crippen molar-refractivity contribution in [1.82, 2.24) is 29.8 Å². The number of hydrogen-bond acceptors (Lipinski definition) is 7. The Bertz CT molecular complexity index is 1290. The topological polar surface area (TPSA) is 93.2 Å². The van der Waals surface area contributed by atoms with Gasteiger partial charge in [0, 0.05) is 49.6 Å². The van der Waals surface area contributed by atoms with Crippen molar-refractivity contribution in [2.24, 2.45) is 0 Å². The van der Waals surface area contributed by atoms with Crippen molar-refractivity contribution in [3.8, 4) is 17.1 Å². The van der Waals surface area contributed by atoms with Crippen molar-refractivity contribution in [3.63, 3.8) is 0 Å². The van der Waals surface area contributed by atoms with Crippen molar-refractivity contribution >= 4 is 11.7 Å². The highest BCUT2D eigenvalue weighted by Crippen LogP contribution is 2.22. The number of amides is 1. The molecular formula is C24H25N7O2. The molecule has 4 aromatic rings. The van der Waals surface area contributed by atoms with Crippen LogP contribution in [0.4, 0.5) is 5.82 Å². The Labute approximate surface area is 191 Å². The molecule has 0 atom stereocenters. The maximum Gasteiger partial charge on any atom is 0.276 e. The van der Waals surface area contributed by atoms with Crippen molar-refractivity contribution in [2.75, 3.05) is 31.1 Å². The number of benzene rings is 1. The Morgan fingerprint density at radius 3 is 2.33 bits per heavy atom. The van der Waals surface area contributed by atoms with E-state index >= 15 is 0 Å². The summed E-state index contributed by atoms with van der Waals surface area (Å²) in [4.78, 5) is 26.1. The van der Waals surface area contributed by atoms with Gasteiger partial charge in [-0.25, -0.2) is 14.6 Å². The number of anilines is 1. The molecule has 9 heteroatoms. The second kappa shape index (κ2) is 8.50. The van der Waals surface area contributed by atoms with Crippen LogP contribution in [-0.2, 0) is 0 Å². The summed E-state index contributed by atoms with van der Waals surface area (Å²) in [6.45, 7) is 8.34. The first kappa shape index (κ1) is 20.9. The van der Waals surface area contributed by atoms with Crippen LogP contribution in [0.15, 0.2) is 53.1 Å². The molecule has 0 aliphatic carbocycles.